The molecule has 0 aromatic rings. The summed E-state index contributed by atoms with van der Waals surface area (Å²) in [5.74, 6) is -4.45. The quantitative estimate of drug-likeness (QED) is 0.213. The van der Waals surface area contributed by atoms with Gasteiger partial charge in [0.05, 0.1) is 6.04 Å². The highest BCUT2D eigenvalue weighted by Crippen LogP contribution is 2.10. The van der Waals surface area contributed by atoms with Gasteiger partial charge in [-0.25, -0.2) is 4.79 Å². The molecule has 178 valence electrons. The van der Waals surface area contributed by atoms with E-state index >= 15 is 0 Å². The average molecular weight is 445 g/mol. The van der Waals surface area contributed by atoms with Crippen molar-refractivity contribution in [3.63, 3.8) is 0 Å². The summed E-state index contributed by atoms with van der Waals surface area (Å²) in [4.78, 5) is 59.3. The summed E-state index contributed by atoms with van der Waals surface area (Å²) in [6.45, 7) is 8.62. The molecule has 5 atom stereocenters. The molecule has 0 rings (SSSR count). The molecule has 3 amide bonds. The van der Waals surface area contributed by atoms with Crippen molar-refractivity contribution in [2.75, 3.05) is 0 Å². The van der Waals surface area contributed by atoms with E-state index in [0.717, 1.165) is 0 Å². The van der Waals surface area contributed by atoms with Crippen LogP contribution in [-0.2, 0) is 24.0 Å². The molecule has 0 saturated carbocycles. The van der Waals surface area contributed by atoms with Crippen molar-refractivity contribution >= 4 is 29.7 Å². The van der Waals surface area contributed by atoms with Crippen molar-refractivity contribution in [2.45, 2.75) is 84.5 Å². The number of carbonyl (C=O) groups is 5. The minimum atomic E-state index is -1.17. The number of carbonyl (C=O) groups excluding carboxylic acids is 3. The fourth-order valence-corrected chi connectivity index (χ4v) is 2.73. The summed E-state index contributed by atoms with van der Waals surface area (Å²) in [7, 11) is 0. The Hall–Kier alpha value is -2.69. The van der Waals surface area contributed by atoms with Crippen LogP contribution in [0.5, 0.6) is 0 Å². The second-order valence-electron chi connectivity index (χ2n) is 8.17. The van der Waals surface area contributed by atoms with Crippen LogP contribution in [-0.4, -0.2) is 64.0 Å². The molecule has 0 radical (unpaired) electrons. The molecular weight excluding hydrogens is 408 g/mol. The van der Waals surface area contributed by atoms with Gasteiger partial charge in [-0.15, -0.1) is 0 Å². The van der Waals surface area contributed by atoms with Crippen molar-refractivity contribution in [3.05, 3.63) is 0 Å². The fraction of sp³-hybridized carbons (Fsp3) is 0.750. The van der Waals surface area contributed by atoms with Crippen LogP contribution in [0, 0.1) is 11.8 Å². The molecule has 0 bridgehead atoms. The Bertz CT molecular complexity index is 653. The Morgan fingerprint density at radius 1 is 0.871 bits per heavy atom. The lowest BCUT2D eigenvalue weighted by atomic mass is 9.97. The zero-order valence-corrected chi connectivity index (χ0v) is 18.8. The molecule has 11 heteroatoms. The molecule has 0 aliphatic carbocycles. The van der Waals surface area contributed by atoms with E-state index in [4.69, 9.17) is 10.8 Å². The van der Waals surface area contributed by atoms with Crippen molar-refractivity contribution < 1.29 is 34.2 Å². The Morgan fingerprint density at radius 2 is 1.45 bits per heavy atom. The number of carboxylic acid groups (broad SMARTS) is 2. The monoisotopic (exact) mass is 444 g/mol. The number of rotatable bonds is 14. The number of amides is 3. The first kappa shape index (κ1) is 28.3. The van der Waals surface area contributed by atoms with E-state index in [-0.39, 0.29) is 31.1 Å². The van der Waals surface area contributed by atoms with Gasteiger partial charge in [-0.1, -0.05) is 34.1 Å². The third-order valence-electron chi connectivity index (χ3n) is 4.87. The molecule has 5 unspecified atom stereocenters. The van der Waals surface area contributed by atoms with Crippen LogP contribution in [0.2, 0.25) is 0 Å². The number of nitrogens with one attached hydrogen (secondary N) is 3. The summed E-state index contributed by atoms with van der Waals surface area (Å²) >= 11 is 0. The minimum absolute atomic E-state index is 0.0432. The van der Waals surface area contributed by atoms with E-state index in [2.05, 4.69) is 16.0 Å². The van der Waals surface area contributed by atoms with Crippen LogP contribution in [0.25, 0.3) is 0 Å². The van der Waals surface area contributed by atoms with Crippen LogP contribution in [0.3, 0.4) is 0 Å². The summed E-state index contributed by atoms with van der Waals surface area (Å²) in [5, 5.41) is 25.4. The number of carboxylic acids is 2. The van der Waals surface area contributed by atoms with Gasteiger partial charge < -0.3 is 31.9 Å². The number of nitrogens with two attached hydrogens (primary N) is 1. The predicted octanol–water partition coefficient (Wildman–Crippen LogP) is -0.170. The largest absolute Gasteiger partial charge is 0.481 e. The van der Waals surface area contributed by atoms with E-state index < -0.39 is 53.8 Å². The first-order valence-electron chi connectivity index (χ1n) is 10.4. The first-order chi connectivity index (χ1) is 14.3. The van der Waals surface area contributed by atoms with Gasteiger partial charge >= 0.3 is 11.9 Å². The van der Waals surface area contributed by atoms with E-state index in [1.807, 2.05) is 20.8 Å². The minimum Gasteiger partial charge on any atom is -0.481 e. The van der Waals surface area contributed by atoms with Gasteiger partial charge in [0.15, 0.2) is 0 Å². The van der Waals surface area contributed by atoms with Gasteiger partial charge in [0, 0.05) is 6.42 Å². The number of hydrogen-bond acceptors (Lipinski definition) is 6. The maximum Gasteiger partial charge on any atom is 0.326 e. The Labute approximate surface area is 182 Å². The summed E-state index contributed by atoms with van der Waals surface area (Å²) in [6.07, 6.45) is 0.411. The third kappa shape index (κ3) is 10.8. The van der Waals surface area contributed by atoms with Crippen molar-refractivity contribution in [2.24, 2.45) is 17.6 Å². The highest BCUT2D eigenvalue weighted by molar-refractivity contribution is 5.94. The van der Waals surface area contributed by atoms with E-state index in [1.165, 1.54) is 6.92 Å². The molecule has 7 N–H and O–H groups in total. The van der Waals surface area contributed by atoms with E-state index in [9.17, 15) is 29.1 Å². The Kier molecular flexibility index (Phi) is 12.4. The predicted molar refractivity (Wildman–Crippen MR) is 113 cm³/mol. The SMILES string of the molecule is CCC(C)C(NC(=O)C(N)CCC(=O)O)C(=O)NC(C)C(=O)NC(CC(C)C)C(=O)O. The van der Waals surface area contributed by atoms with Crippen LogP contribution >= 0.6 is 0 Å². The second-order valence-corrected chi connectivity index (χ2v) is 8.17. The van der Waals surface area contributed by atoms with Gasteiger partial charge in [0.1, 0.15) is 18.1 Å². The smallest absolute Gasteiger partial charge is 0.326 e. The summed E-state index contributed by atoms with van der Waals surface area (Å²) < 4.78 is 0. The van der Waals surface area contributed by atoms with Crippen molar-refractivity contribution in [1.29, 1.82) is 0 Å². The number of aliphatic carboxylic acids is 2. The molecule has 0 fully saturated rings. The average Bonchev–Trinajstić information content (AvgIpc) is 2.67. The second kappa shape index (κ2) is 13.6. The topological polar surface area (TPSA) is 188 Å². The lowest BCUT2D eigenvalue weighted by Gasteiger charge is -2.27. The summed E-state index contributed by atoms with van der Waals surface area (Å²) in [5.41, 5.74) is 5.70. The molecule has 0 aliphatic heterocycles. The maximum atomic E-state index is 12.7. The first-order valence-corrected chi connectivity index (χ1v) is 10.4. The molecule has 31 heavy (non-hydrogen) atoms. The Balaban J connectivity index is 5.10. The third-order valence-corrected chi connectivity index (χ3v) is 4.87. The fourth-order valence-electron chi connectivity index (χ4n) is 2.73. The molecule has 0 aromatic heterocycles. The summed E-state index contributed by atoms with van der Waals surface area (Å²) in [6, 6.07) is -4.20. The van der Waals surface area contributed by atoms with Crippen LogP contribution in [0.4, 0.5) is 0 Å². The molecule has 0 spiro atoms. The van der Waals surface area contributed by atoms with Gasteiger partial charge in [0.2, 0.25) is 17.7 Å². The van der Waals surface area contributed by atoms with Crippen LogP contribution in [0.1, 0.15) is 60.3 Å². The van der Waals surface area contributed by atoms with Crippen molar-refractivity contribution in [3.8, 4) is 0 Å². The van der Waals surface area contributed by atoms with Gasteiger partial charge in [-0.2, -0.15) is 0 Å². The van der Waals surface area contributed by atoms with E-state index in [0.29, 0.717) is 6.42 Å². The standard InChI is InChI=1S/C20H36N4O7/c1-6-11(4)16(24-18(28)13(21)7-8-15(25)26)19(29)22-12(5)17(27)23-14(20(30)31)9-10(2)3/h10-14,16H,6-9,21H2,1-5H3,(H,22,29)(H,23,27)(H,24,28)(H,25,26)(H,30,31). The molecular formula is C20H36N4O7. The maximum absolute atomic E-state index is 12.7. The zero-order chi connectivity index (χ0) is 24.3. The van der Waals surface area contributed by atoms with Gasteiger partial charge in [-0.05, 0) is 31.6 Å². The normalized spacial score (nSPS) is 15.8. The molecule has 0 aliphatic rings. The van der Waals surface area contributed by atoms with Crippen molar-refractivity contribution in [1.82, 2.24) is 16.0 Å². The highest BCUT2D eigenvalue weighted by atomic mass is 16.4. The van der Waals surface area contributed by atoms with Crippen LogP contribution in [0.15, 0.2) is 0 Å². The molecule has 0 heterocycles. The molecule has 0 saturated heterocycles. The van der Waals surface area contributed by atoms with Gasteiger partial charge in [-0.3, -0.25) is 19.2 Å². The molecule has 0 aromatic carbocycles. The highest BCUT2D eigenvalue weighted by Gasteiger charge is 2.31. The lowest BCUT2D eigenvalue weighted by molar-refractivity contribution is -0.142. The lowest BCUT2D eigenvalue weighted by Crippen LogP contribution is -2.58. The van der Waals surface area contributed by atoms with E-state index in [1.54, 1.807) is 6.92 Å². The zero-order valence-electron chi connectivity index (χ0n) is 18.8. The number of hydrogen-bond donors (Lipinski definition) is 6. The Morgan fingerprint density at radius 3 is 1.90 bits per heavy atom. The van der Waals surface area contributed by atoms with Gasteiger partial charge in [0.25, 0.3) is 0 Å². The van der Waals surface area contributed by atoms with Crippen LogP contribution < -0.4 is 21.7 Å². The molecule has 11 nitrogen and oxygen atoms in total.